The molecule has 2 nitrogen and oxygen atoms in total. The quantitative estimate of drug-likeness (QED) is 0.164. The van der Waals surface area contributed by atoms with E-state index in [4.69, 9.17) is 4.11 Å². The zero-order valence-corrected chi connectivity index (χ0v) is 41.2. The van der Waals surface area contributed by atoms with Crippen LogP contribution < -0.4 is 26.2 Å². The molecule has 6 aromatic carbocycles. The van der Waals surface area contributed by atoms with Gasteiger partial charge in [0.1, 0.15) is 0 Å². The van der Waals surface area contributed by atoms with Crippen molar-refractivity contribution in [3.63, 3.8) is 0 Å². The Morgan fingerprint density at radius 3 is 1.58 bits per heavy atom. The van der Waals surface area contributed by atoms with Crippen LogP contribution in [0.3, 0.4) is 0 Å². The molecule has 0 aromatic heterocycles. The molecule has 0 amide bonds. The molecule has 0 saturated carbocycles. The summed E-state index contributed by atoms with van der Waals surface area (Å²) >= 11 is 0. The summed E-state index contributed by atoms with van der Waals surface area (Å²) in [6.07, 6.45) is 4.45. The maximum Gasteiger partial charge on any atom is 0.252 e. The van der Waals surface area contributed by atoms with Crippen LogP contribution in [0.15, 0.2) is 109 Å². The SMILES string of the molecule is [2H]C([2H])([2H])c1cc2c3c(c1)N(c1ccc(C(C)(C)C)cc1-c1ccccc1)c1cc4c(cc1B3c1cc(C(C)(C)C)ccc1N2c1ccc2c(c1)C(C)(C)CCC2(C)C)C(C)(C)CCC4(C)C. The van der Waals surface area contributed by atoms with E-state index in [-0.39, 0.29) is 39.2 Å². The van der Waals surface area contributed by atoms with Crippen molar-refractivity contribution in [3.05, 3.63) is 148 Å². The average molecular weight is 846 g/mol. The Labute approximate surface area is 390 Å². The van der Waals surface area contributed by atoms with Crippen molar-refractivity contribution in [1.82, 2.24) is 0 Å². The van der Waals surface area contributed by atoms with Crippen molar-refractivity contribution in [1.29, 1.82) is 0 Å². The van der Waals surface area contributed by atoms with Gasteiger partial charge in [-0.1, -0.05) is 158 Å². The molecule has 0 bridgehead atoms. The molecule has 2 aliphatic carbocycles. The highest BCUT2D eigenvalue weighted by Crippen LogP contribution is 2.53. The molecule has 2 heterocycles. The van der Waals surface area contributed by atoms with Gasteiger partial charge in [-0.05, 0) is 174 Å². The normalized spacial score (nSPS) is 19.6. The molecule has 2 aliphatic heterocycles. The highest BCUT2D eigenvalue weighted by molar-refractivity contribution is 7.00. The van der Waals surface area contributed by atoms with Gasteiger partial charge in [0.05, 0.1) is 5.69 Å². The van der Waals surface area contributed by atoms with Crippen LogP contribution in [0.4, 0.5) is 34.1 Å². The molecule has 3 heteroatoms. The first-order valence-electron chi connectivity index (χ1n) is 25.6. The topological polar surface area (TPSA) is 6.48 Å². The van der Waals surface area contributed by atoms with Gasteiger partial charge in [0.25, 0.3) is 6.71 Å². The Balaban J connectivity index is 1.38. The van der Waals surface area contributed by atoms with E-state index in [2.05, 4.69) is 204 Å². The summed E-state index contributed by atoms with van der Waals surface area (Å²) in [6, 6.07) is 41.2. The molecule has 64 heavy (non-hydrogen) atoms. The lowest BCUT2D eigenvalue weighted by molar-refractivity contribution is 0.332. The highest BCUT2D eigenvalue weighted by atomic mass is 15.2. The second-order valence-electron chi connectivity index (χ2n) is 24.6. The third-order valence-corrected chi connectivity index (χ3v) is 16.2. The molecule has 0 atom stereocenters. The second-order valence-corrected chi connectivity index (χ2v) is 24.6. The number of hydrogen-bond acceptors (Lipinski definition) is 2. The van der Waals surface area contributed by atoms with Gasteiger partial charge in [-0.2, -0.15) is 0 Å². The Hall–Kier alpha value is -5.02. The van der Waals surface area contributed by atoms with Crippen LogP contribution in [0, 0.1) is 6.85 Å². The molecular formula is C61H71BN2. The maximum absolute atomic E-state index is 9.17. The van der Waals surface area contributed by atoms with Gasteiger partial charge in [0.2, 0.25) is 0 Å². The van der Waals surface area contributed by atoms with E-state index in [1.165, 1.54) is 44.3 Å². The van der Waals surface area contributed by atoms with Gasteiger partial charge in [0.15, 0.2) is 0 Å². The minimum absolute atomic E-state index is 0.0134. The molecule has 0 saturated heterocycles. The second kappa shape index (κ2) is 14.0. The molecule has 0 fully saturated rings. The molecule has 10 rings (SSSR count). The fourth-order valence-corrected chi connectivity index (χ4v) is 11.8. The number of fused-ring (bicyclic) bond motifs is 6. The van der Waals surface area contributed by atoms with Crippen molar-refractivity contribution in [3.8, 4) is 11.1 Å². The summed E-state index contributed by atoms with van der Waals surface area (Å²) in [5.74, 6) is 0. The summed E-state index contributed by atoms with van der Waals surface area (Å²) in [5.41, 5.74) is 20.5. The summed E-state index contributed by atoms with van der Waals surface area (Å²) in [7, 11) is 0. The summed E-state index contributed by atoms with van der Waals surface area (Å²) in [6.45, 7) is 30.5. The molecule has 4 aliphatic rings. The van der Waals surface area contributed by atoms with E-state index >= 15 is 0 Å². The third kappa shape index (κ3) is 6.64. The molecular weight excluding hydrogens is 771 g/mol. The number of nitrogens with zero attached hydrogens (tertiary/aromatic N) is 2. The van der Waals surface area contributed by atoms with E-state index in [1.54, 1.807) is 0 Å². The molecule has 6 aromatic rings. The number of aryl methyl sites for hydroxylation is 1. The fourth-order valence-electron chi connectivity index (χ4n) is 11.8. The first kappa shape index (κ1) is 39.4. The monoisotopic (exact) mass is 846 g/mol. The van der Waals surface area contributed by atoms with Gasteiger partial charge >= 0.3 is 0 Å². The standard InChI is InChI=1S/C61H71BN2/c1-38-31-53-55-54(32-38)64(50-25-21-40(56(2,3)4)33-43(50)39-19-17-16-18-20-39)52-37-47-46(60(12,13)29-30-61(47,14)15)36-49(52)62(55)48-34-41(57(5,6)7)22-26-51(48)63(53)42-23-24-44-45(35-42)59(10,11)28-27-58(44,8)9/h16-26,31-37H,27-30H2,1-15H3/i1D3. The first-order valence-corrected chi connectivity index (χ1v) is 24.1. The lowest BCUT2D eigenvalue weighted by atomic mass is 9.33. The van der Waals surface area contributed by atoms with Crippen molar-refractivity contribution < 1.29 is 4.11 Å². The number of hydrogen-bond donors (Lipinski definition) is 0. The largest absolute Gasteiger partial charge is 0.311 e. The third-order valence-electron chi connectivity index (χ3n) is 16.2. The molecule has 328 valence electrons. The van der Waals surface area contributed by atoms with E-state index in [1.807, 2.05) is 12.1 Å². The number of benzene rings is 6. The summed E-state index contributed by atoms with van der Waals surface area (Å²) in [4.78, 5) is 4.90. The summed E-state index contributed by atoms with van der Waals surface area (Å²) < 4.78 is 27.5. The van der Waals surface area contributed by atoms with E-state index in [9.17, 15) is 0 Å². The molecule has 0 spiro atoms. The summed E-state index contributed by atoms with van der Waals surface area (Å²) in [5, 5.41) is 0. The van der Waals surface area contributed by atoms with Gasteiger partial charge in [0, 0.05) is 38.1 Å². The lowest BCUT2D eigenvalue weighted by Gasteiger charge is -2.48. The maximum atomic E-state index is 9.17. The van der Waals surface area contributed by atoms with E-state index < -0.39 is 6.85 Å². The van der Waals surface area contributed by atoms with Crippen LogP contribution >= 0.6 is 0 Å². The zero-order valence-electron chi connectivity index (χ0n) is 44.2. The first-order chi connectivity index (χ1) is 31.1. The Kier molecular flexibility index (Phi) is 8.61. The fraction of sp³-hybridized carbons (Fsp3) is 0.410. The highest BCUT2D eigenvalue weighted by Gasteiger charge is 2.47. The van der Waals surface area contributed by atoms with E-state index in [0.717, 1.165) is 76.4 Å². The Morgan fingerprint density at radius 1 is 0.469 bits per heavy atom. The van der Waals surface area contributed by atoms with E-state index in [0.29, 0.717) is 5.56 Å². The predicted molar refractivity (Wildman–Crippen MR) is 279 cm³/mol. The zero-order chi connectivity index (χ0) is 48.2. The van der Waals surface area contributed by atoms with Gasteiger partial charge in [-0.3, -0.25) is 0 Å². The Bertz CT molecular complexity index is 2990. The van der Waals surface area contributed by atoms with Crippen LogP contribution in [0.5, 0.6) is 0 Å². The minimum atomic E-state index is -2.36. The van der Waals surface area contributed by atoms with Crippen molar-refractivity contribution in [2.45, 2.75) is 162 Å². The molecule has 0 unspecified atom stereocenters. The Morgan fingerprint density at radius 2 is 0.984 bits per heavy atom. The van der Waals surface area contributed by atoms with Gasteiger partial charge < -0.3 is 9.80 Å². The number of rotatable bonds is 3. The number of anilines is 6. The minimum Gasteiger partial charge on any atom is -0.311 e. The lowest BCUT2D eigenvalue weighted by Crippen LogP contribution is -2.62. The van der Waals surface area contributed by atoms with Gasteiger partial charge in [-0.15, -0.1) is 0 Å². The van der Waals surface area contributed by atoms with Crippen molar-refractivity contribution in [2.24, 2.45) is 0 Å². The predicted octanol–water partition coefficient (Wildman–Crippen LogP) is 15.0. The van der Waals surface area contributed by atoms with Crippen LogP contribution in [-0.2, 0) is 32.5 Å². The van der Waals surface area contributed by atoms with Crippen LogP contribution in [-0.4, -0.2) is 6.71 Å². The van der Waals surface area contributed by atoms with Crippen LogP contribution in [0.25, 0.3) is 11.1 Å². The molecule has 0 radical (unpaired) electrons. The van der Waals surface area contributed by atoms with Crippen LogP contribution in [0.2, 0.25) is 0 Å². The van der Waals surface area contributed by atoms with Gasteiger partial charge in [-0.25, -0.2) is 0 Å². The van der Waals surface area contributed by atoms with Crippen molar-refractivity contribution >= 4 is 57.2 Å². The molecule has 0 N–H and O–H groups in total. The average Bonchev–Trinajstić information content (AvgIpc) is 3.25. The van der Waals surface area contributed by atoms with Crippen LogP contribution in [0.1, 0.15) is 166 Å². The smallest absolute Gasteiger partial charge is 0.252 e. The van der Waals surface area contributed by atoms with Crippen molar-refractivity contribution in [2.75, 3.05) is 9.80 Å².